The molecule has 0 aliphatic heterocycles. The van der Waals surface area contributed by atoms with Crippen LogP contribution in [-0.4, -0.2) is 14.2 Å². The molecule has 0 bridgehead atoms. The molecule has 6 heavy (non-hydrogen) atoms. The summed E-state index contributed by atoms with van der Waals surface area (Å²) in [6, 6.07) is 0. The number of hydrogen-bond acceptors (Lipinski definition) is 4. The Morgan fingerprint density at radius 1 is 1.33 bits per heavy atom. The summed E-state index contributed by atoms with van der Waals surface area (Å²) in [4.78, 5) is 4.12. The summed E-state index contributed by atoms with van der Waals surface area (Å²) < 4.78 is 8.53. The molecule has 0 aromatic heterocycles. The van der Waals surface area contributed by atoms with E-state index in [1.165, 1.54) is 14.2 Å². The van der Waals surface area contributed by atoms with Crippen LogP contribution in [0.4, 0.5) is 0 Å². The molecular formula is C2H6O3S. The summed E-state index contributed by atoms with van der Waals surface area (Å²) in [6.07, 6.45) is 0. The first-order chi connectivity index (χ1) is 2.91. The molecule has 0 N–H and O–H groups in total. The van der Waals surface area contributed by atoms with Crippen LogP contribution < -0.4 is 0 Å². The molecule has 38 valence electrons. The zero-order valence-corrected chi connectivity index (χ0v) is 4.45. The average molecular weight is 110 g/mol. The predicted molar refractivity (Wildman–Crippen MR) is 22.7 cm³/mol. The van der Waals surface area contributed by atoms with E-state index in [0.717, 1.165) is 12.3 Å². The first kappa shape index (κ1) is 6.23. The molecule has 0 aliphatic rings. The van der Waals surface area contributed by atoms with Crippen LogP contribution in [-0.2, 0) is 13.4 Å². The quantitative estimate of drug-likeness (QED) is 0.232. The van der Waals surface area contributed by atoms with Gasteiger partial charge in [0.25, 0.3) is 0 Å². The van der Waals surface area contributed by atoms with E-state index in [4.69, 9.17) is 0 Å². The molecule has 0 unspecified atom stereocenters. The second-order valence-corrected chi connectivity index (χ2v) is 1.07. The average Bonchev–Trinajstić information content (AvgIpc) is 1.61. The van der Waals surface area contributed by atoms with Gasteiger partial charge < -0.3 is 0 Å². The Labute approximate surface area is 40.9 Å². The van der Waals surface area contributed by atoms with Crippen molar-refractivity contribution in [3.8, 4) is 0 Å². The lowest BCUT2D eigenvalue weighted by Gasteiger charge is -1.88. The number of rotatable bonds is 3. The molecule has 0 aromatic carbocycles. The normalized spacial score (nSPS) is 9.00. The monoisotopic (exact) mass is 110 g/mol. The molecule has 0 heterocycles. The van der Waals surface area contributed by atoms with Gasteiger partial charge in [0.15, 0.2) is 12.3 Å². The molecule has 0 saturated carbocycles. The van der Waals surface area contributed by atoms with Crippen LogP contribution in [0.25, 0.3) is 0 Å². The Morgan fingerprint density at radius 2 is 2.00 bits per heavy atom. The summed E-state index contributed by atoms with van der Waals surface area (Å²) in [6.45, 7) is 0. The van der Waals surface area contributed by atoms with Gasteiger partial charge in [0.2, 0.25) is 0 Å². The fourth-order valence-electron chi connectivity index (χ4n) is 0.0556. The van der Waals surface area contributed by atoms with Crippen molar-refractivity contribution in [2.24, 2.45) is 0 Å². The molecule has 0 rings (SSSR count). The molecule has 0 saturated heterocycles. The fraction of sp³-hybridized carbons (Fsp3) is 1.00. The molecular weight excluding hydrogens is 104 g/mol. The lowest BCUT2D eigenvalue weighted by atomic mass is 11.8. The van der Waals surface area contributed by atoms with Crippen molar-refractivity contribution in [1.82, 2.24) is 0 Å². The van der Waals surface area contributed by atoms with Crippen molar-refractivity contribution < 1.29 is 13.4 Å². The summed E-state index contributed by atoms with van der Waals surface area (Å²) in [7, 11) is 2.90. The van der Waals surface area contributed by atoms with E-state index in [9.17, 15) is 0 Å². The van der Waals surface area contributed by atoms with Gasteiger partial charge >= 0.3 is 0 Å². The molecule has 0 amide bonds. The summed E-state index contributed by atoms with van der Waals surface area (Å²) in [5.41, 5.74) is 0. The number of hydrogen-bond donors (Lipinski definition) is 0. The van der Waals surface area contributed by atoms with Crippen molar-refractivity contribution in [3.05, 3.63) is 0 Å². The van der Waals surface area contributed by atoms with Crippen LogP contribution in [0, 0.1) is 0 Å². The van der Waals surface area contributed by atoms with Gasteiger partial charge in [-0.25, -0.2) is 4.89 Å². The van der Waals surface area contributed by atoms with Crippen molar-refractivity contribution in [3.63, 3.8) is 0 Å². The minimum atomic E-state index is 0.786. The highest BCUT2D eigenvalue weighted by Gasteiger charge is 1.75. The highest BCUT2D eigenvalue weighted by atomic mass is 32.2. The Balaban J connectivity index is 2.34. The maximum absolute atomic E-state index is 4.35. The summed E-state index contributed by atoms with van der Waals surface area (Å²) in [5, 5.41) is 0. The van der Waals surface area contributed by atoms with Crippen molar-refractivity contribution in [2.45, 2.75) is 0 Å². The topological polar surface area (TPSA) is 27.7 Å². The van der Waals surface area contributed by atoms with E-state index < -0.39 is 0 Å². The van der Waals surface area contributed by atoms with Gasteiger partial charge in [-0.05, 0) is 0 Å². The standard InChI is InChI=1S/C2H6O3S/c1-3-5-6-4-2/h1-2H3. The third-order valence-electron chi connectivity index (χ3n) is 0.164. The lowest BCUT2D eigenvalue weighted by molar-refractivity contribution is -0.166. The predicted octanol–water partition coefficient (Wildman–Crippen LogP) is 0.774. The van der Waals surface area contributed by atoms with Crippen LogP contribution >= 0.6 is 12.3 Å². The van der Waals surface area contributed by atoms with Crippen LogP contribution in [0.1, 0.15) is 0 Å². The summed E-state index contributed by atoms with van der Waals surface area (Å²) >= 11 is 0.786. The van der Waals surface area contributed by atoms with Gasteiger partial charge in [-0.3, -0.25) is 4.18 Å². The van der Waals surface area contributed by atoms with Crippen LogP contribution in [0.2, 0.25) is 0 Å². The molecule has 0 fully saturated rings. The van der Waals surface area contributed by atoms with E-state index >= 15 is 0 Å². The Hall–Kier alpha value is 0.230. The van der Waals surface area contributed by atoms with E-state index in [-0.39, 0.29) is 0 Å². The van der Waals surface area contributed by atoms with Gasteiger partial charge in [-0.15, -0.1) is 4.33 Å². The van der Waals surface area contributed by atoms with Gasteiger partial charge in [0.1, 0.15) is 0 Å². The summed E-state index contributed by atoms with van der Waals surface area (Å²) in [5.74, 6) is 0. The van der Waals surface area contributed by atoms with Crippen LogP contribution in [0.3, 0.4) is 0 Å². The second-order valence-electron chi connectivity index (χ2n) is 0.469. The largest absolute Gasteiger partial charge is 0.293 e. The van der Waals surface area contributed by atoms with E-state index in [0.29, 0.717) is 0 Å². The lowest BCUT2D eigenvalue weighted by Crippen LogP contribution is -1.74. The smallest absolute Gasteiger partial charge is 0.194 e. The Morgan fingerprint density at radius 3 is 2.17 bits per heavy atom. The molecule has 0 aromatic rings. The van der Waals surface area contributed by atoms with Gasteiger partial charge in [-0.1, -0.05) is 0 Å². The zero-order chi connectivity index (χ0) is 4.83. The zero-order valence-electron chi connectivity index (χ0n) is 3.63. The van der Waals surface area contributed by atoms with Crippen molar-refractivity contribution in [2.75, 3.05) is 14.2 Å². The first-order valence-corrected chi connectivity index (χ1v) is 1.98. The highest BCUT2D eigenvalue weighted by Crippen LogP contribution is 1.98. The maximum atomic E-state index is 4.35. The van der Waals surface area contributed by atoms with Crippen LogP contribution in [0.5, 0.6) is 0 Å². The maximum Gasteiger partial charge on any atom is 0.194 e. The minimum Gasteiger partial charge on any atom is -0.293 e. The minimum absolute atomic E-state index is 0.786. The van der Waals surface area contributed by atoms with Crippen molar-refractivity contribution >= 4 is 12.3 Å². The molecule has 3 nitrogen and oxygen atoms in total. The third kappa shape index (κ3) is 4.23. The van der Waals surface area contributed by atoms with E-state index in [2.05, 4.69) is 13.4 Å². The Bertz CT molecular complexity index is 20.8. The van der Waals surface area contributed by atoms with Gasteiger partial charge in [-0.2, -0.15) is 0 Å². The van der Waals surface area contributed by atoms with Crippen LogP contribution in [0.15, 0.2) is 0 Å². The molecule has 0 aliphatic carbocycles. The molecule has 4 heteroatoms. The SMILES string of the molecule is COOSOC. The van der Waals surface area contributed by atoms with Gasteiger partial charge in [0.05, 0.1) is 14.2 Å². The molecule has 0 atom stereocenters. The fourth-order valence-corrected chi connectivity index (χ4v) is 0.167. The first-order valence-electron chi connectivity index (χ1n) is 1.32. The molecule has 0 radical (unpaired) electrons. The highest BCUT2D eigenvalue weighted by molar-refractivity contribution is 7.89. The van der Waals surface area contributed by atoms with Crippen molar-refractivity contribution in [1.29, 1.82) is 0 Å². The third-order valence-corrected chi connectivity index (χ3v) is 0.492. The second kappa shape index (κ2) is 5.23. The van der Waals surface area contributed by atoms with E-state index in [1.54, 1.807) is 0 Å². The Kier molecular flexibility index (Phi) is 5.43. The van der Waals surface area contributed by atoms with E-state index in [1.807, 2.05) is 0 Å². The molecule has 0 spiro atoms. The van der Waals surface area contributed by atoms with Gasteiger partial charge in [0, 0.05) is 0 Å².